The second-order valence-corrected chi connectivity index (χ2v) is 11.1. The zero-order chi connectivity index (χ0) is 24.7. The van der Waals surface area contributed by atoms with E-state index < -0.39 is 0 Å². The highest BCUT2D eigenvalue weighted by atomic mass is 35.5. The van der Waals surface area contributed by atoms with Crippen LogP contribution in [0.15, 0.2) is 66.7 Å². The molecule has 0 aromatic heterocycles. The normalized spacial score (nSPS) is 17.5. The average molecular weight is 503 g/mol. The van der Waals surface area contributed by atoms with E-state index in [2.05, 4.69) is 71.3 Å². The monoisotopic (exact) mass is 502 g/mol. The van der Waals surface area contributed by atoms with E-state index in [-0.39, 0.29) is 0 Å². The third kappa shape index (κ3) is 6.91. The summed E-state index contributed by atoms with van der Waals surface area (Å²) in [4.78, 5) is 5.15. The van der Waals surface area contributed by atoms with Gasteiger partial charge in [-0.05, 0) is 117 Å². The predicted octanol–water partition coefficient (Wildman–Crippen LogP) is 7.28. The molecule has 0 radical (unpaired) electrons. The first-order valence-corrected chi connectivity index (χ1v) is 14.0. The van der Waals surface area contributed by atoms with Crippen molar-refractivity contribution < 1.29 is 4.74 Å². The molecule has 2 heterocycles. The van der Waals surface area contributed by atoms with Crippen LogP contribution in [0.4, 0.5) is 0 Å². The van der Waals surface area contributed by atoms with Gasteiger partial charge in [-0.3, -0.25) is 9.80 Å². The molecule has 190 valence electrons. The summed E-state index contributed by atoms with van der Waals surface area (Å²) in [6.07, 6.45) is 6.02. The van der Waals surface area contributed by atoms with Crippen LogP contribution in [-0.4, -0.2) is 36.0 Å². The second-order valence-electron chi connectivity index (χ2n) is 10.7. The highest BCUT2D eigenvalue weighted by Crippen LogP contribution is 2.27. The van der Waals surface area contributed by atoms with Crippen molar-refractivity contribution in [3.05, 3.63) is 99.6 Å². The maximum Gasteiger partial charge on any atom is 0.119 e. The zero-order valence-electron chi connectivity index (χ0n) is 21.6. The van der Waals surface area contributed by atoms with Crippen LogP contribution in [-0.2, 0) is 26.1 Å². The summed E-state index contributed by atoms with van der Waals surface area (Å²) in [6.45, 7) is 9.52. The van der Waals surface area contributed by atoms with Gasteiger partial charge in [-0.1, -0.05) is 54.1 Å². The molecule has 0 atom stereocenters. The van der Waals surface area contributed by atoms with Crippen molar-refractivity contribution in [2.45, 2.75) is 58.7 Å². The van der Waals surface area contributed by atoms with Gasteiger partial charge in [0.05, 0.1) is 6.61 Å². The Bertz CT molecular complexity index is 1140. The molecule has 1 fully saturated rings. The number of halogens is 1. The fraction of sp³-hybridized carbons (Fsp3) is 0.438. The lowest BCUT2D eigenvalue weighted by molar-refractivity contribution is 0.157. The minimum absolute atomic E-state index is 0.756. The molecule has 2 aliphatic rings. The van der Waals surface area contributed by atoms with Crippen LogP contribution in [0.1, 0.15) is 53.5 Å². The van der Waals surface area contributed by atoms with Crippen molar-refractivity contribution in [1.29, 1.82) is 0 Å². The van der Waals surface area contributed by atoms with E-state index in [9.17, 15) is 0 Å². The third-order valence-corrected chi connectivity index (χ3v) is 8.18. The van der Waals surface area contributed by atoms with Crippen molar-refractivity contribution in [1.82, 2.24) is 9.80 Å². The Hall–Kier alpha value is -2.33. The predicted molar refractivity (Wildman–Crippen MR) is 150 cm³/mol. The number of aryl methyl sites for hydroxylation is 2. The second kappa shape index (κ2) is 12.3. The number of benzene rings is 3. The Morgan fingerprint density at radius 1 is 0.861 bits per heavy atom. The van der Waals surface area contributed by atoms with Crippen LogP contribution in [0, 0.1) is 12.8 Å². The van der Waals surface area contributed by atoms with Crippen molar-refractivity contribution >= 4 is 11.6 Å². The summed E-state index contributed by atoms with van der Waals surface area (Å²) in [5.74, 6) is 1.79. The van der Waals surface area contributed by atoms with E-state index >= 15 is 0 Å². The molecule has 2 aliphatic heterocycles. The molecule has 36 heavy (non-hydrogen) atoms. The maximum absolute atomic E-state index is 6.28. The van der Waals surface area contributed by atoms with E-state index in [1.165, 1.54) is 47.1 Å². The number of ether oxygens (including phenoxy) is 1. The number of fused-ring (bicyclic) bond motifs is 1. The number of hydrogen-bond acceptors (Lipinski definition) is 3. The highest BCUT2D eigenvalue weighted by Gasteiger charge is 2.20. The van der Waals surface area contributed by atoms with Gasteiger partial charge in [0, 0.05) is 24.7 Å². The SMILES string of the molecule is Cc1ccccc1CN1CCCc2ccc(OCCC3CCN(Cc4cccc(Cl)c4)CC3)cc2C1. The fourth-order valence-corrected chi connectivity index (χ4v) is 5.94. The molecule has 0 N–H and O–H groups in total. The van der Waals surface area contributed by atoms with E-state index in [0.29, 0.717) is 0 Å². The highest BCUT2D eigenvalue weighted by molar-refractivity contribution is 6.30. The molecule has 1 saturated heterocycles. The average Bonchev–Trinajstić information content (AvgIpc) is 3.08. The number of rotatable bonds is 8. The molecule has 5 rings (SSSR count). The van der Waals surface area contributed by atoms with Crippen molar-refractivity contribution in [2.75, 3.05) is 26.2 Å². The molecule has 3 aromatic rings. The lowest BCUT2D eigenvalue weighted by atomic mass is 9.93. The molecule has 4 heteroatoms. The van der Waals surface area contributed by atoms with Crippen LogP contribution in [0.5, 0.6) is 5.75 Å². The molecule has 0 bridgehead atoms. The minimum atomic E-state index is 0.756. The molecule has 0 amide bonds. The van der Waals surface area contributed by atoms with E-state index in [1.807, 2.05) is 12.1 Å². The number of piperidine rings is 1. The Morgan fingerprint density at radius 2 is 1.72 bits per heavy atom. The first-order chi connectivity index (χ1) is 17.6. The van der Waals surface area contributed by atoms with Gasteiger partial charge in [-0.2, -0.15) is 0 Å². The van der Waals surface area contributed by atoms with Crippen LogP contribution < -0.4 is 4.74 Å². The van der Waals surface area contributed by atoms with Gasteiger partial charge in [-0.15, -0.1) is 0 Å². The first-order valence-electron chi connectivity index (χ1n) is 13.6. The van der Waals surface area contributed by atoms with Crippen LogP contribution in [0.3, 0.4) is 0 Å². The van der Waals surface area contributed by atoms with Gasteiger partial charge in [-0.25, -0.2) is 0 Å². The molecule has 3 nitrogen and oxygen atoms in total. The zero-order valence-corrected chi connectivity index (χ0v) is 22.4. The topological polar surface area (TPSA) is 15.7 Å². The largest absolute Gasteiger partial charge is 0.494 e. The summed E-state index contributed by atoms with van der Waals surface area (Å²) in [5.41, 5.74) is 7.06. The summed E-state index contributed by atoms with van der Waals surface area (Å²) < 4.78 is 6.28. The molecule has 0 aliphatic carbocycles. The fourth-order valence-electron chi connectivity index (χ4n) is 5.73. The van der Waals surface area contributed by atoms with Crippen LogP contribution >= 0.6 is 11.6 Å². The first kappa shape index (κ1) is 25.3. The molecular weight excluding hydrogens is 464 g/mol. The Kier molecular flexibility index (Phi) is 8.63. The van der Waals surface area contributed by atoms with Gasteiger partial charge in [0.2, 0.25) is 0 Å². The standard InChI is InChI=1S/C32H39ClN2O/c1-25-6-2-3-8-29(25)23-35-16-5-9-28-11-12-32(21-30(28)24-35)36-19-15-26-13-17-34(18-14-26)22-27-7-4-10-31(33)20-27/h2-4,6-8,10-12,20-21,26H,5,9,13-19,22-24H2,1H3. The molecule has 0 unspecified atom stereocenters. The summed E-state index contributed by atoms with van der Waals surface area (Å²) in [6, 6.07) is 23.8. The van der Waals surface area contributed by atoms with Gasteiger partial charge in [0.15, 0.2) is 0 Å². The van der Waals surface area contributed by atoms with Crippen molar-refractivity contribution in [3.8, 4) is 5.75 Å². The summed E-state index contributed by atoms with van der Waals surface area (Å²) >= 11 is 6.15. The van der Waals surface area contributed by atoms with Crippen LogP contribution in [0.2, 0.25) is 5.02 Å². The lowest BCUT2D eigenvalue weighted by Crippen LogP contribution is -2.33. The third-order valence-electron chi connectivity index (χ3n) is 7.94. The van der Waals surface area contributed by atoms with E-state index in [1.54, 1.807) is 0 Å². The van der Waals surface area contributed by atoms with Gasteiger partial charge in [0.25, 0.3) is 0 Å². The maximum atomic E-state index is 6.28. The van der Waals surface area contributed by atoms with Gasteiger partial charge < -0.3 is 4.74 Å². The number of nitrogens with zero attached hydrogens (tertiary/aromatic N) is 2. The molecule has 3 aromatic carbocycles. The van der Waals surface area contributed by atoms with Gasteiger partial charge >= 0.3 is 0 Å². The van der Waals surface area contributed by atoms with E-state index in [0.717, 1.165) is 75.4 Å². The Balaban J connectivity index is 1.09. The van der Waals surface area contributed by atoms with Crippen molar-refractivity contribution in [3.63, 3.8) is 0 Å². The number of likely N-dealkylation sites (tertiary alicyclic amines) is 1. The quantitative estimate of drug-likeness (QED) is 0.322. The lowest BCUT2D eigenvalue weighted by Gasteiger charge is -2.32. The Morgan fingerprint density at radius 3 is 2.56 bits per heavy atom. The number of hydrogen-bond donors (Lipinski definition) is 0. The van der Waals surface area contributed by atoms with Gasteiger partial charge in [0.1, 0.15) is 5.75 Å². The summed E-state index contributed by atoms with van der Waals surface area (Å²) in [7, 11) is 0. The molecule has 0 spiro atoms. The minimum Gasteiger partial charge on any atom is -0.494 e. The summed E-state index contributed by atoms with van der Waals surface area (Å²) in [5, 5.41) is 0.830. The Labute approximate surface area is 222 Å². The van der Waals surface area contributed by atoms with Crippen LogP contribution in [0.25, 0.3) is 0 Å². The molecular formula is C32H39ClN2O. The smallest absolute Gasteiger partial charge is 0.119 e. The van der Waals surface area contributed by atoms with Crippen molar-refractivity contribution in [2.24, 2.45) is 5.92 Å². The van der Waals surface area contributed by atoms with E-state index in [4.69, 9.17) is 16.3 Å². The molecule has 0 saturated carbocycles.